The van der Waals surface area contributed by atoms with E-state index >= 15 is 0 Å². The van der Waals surface area contributed by atoms with Crippen LogP contribution in [0.4, 0.5) is 0 Å². The summed E-state index contributed by atoms with van der Waals surface area (Å²) in [7, 11) is 0. The second kappa shape index (κ2) is 14.1. The maximum absolute atomic E-state index is 5.21. The average Bonchev–Trinajstić information content (AvgIpc) is 3.63. The first-order valence-corrected chi connectivity index (χ1v) is 20.9. The lowest BCUT2D eigenvalue weighted by Gasteiger charge is -2.36. The number of benzene rings is 10. The zero-order chi connectivity index (χ0) is 40.3. The summed E-state index contributed by atoms with van der Waals surface area (Å²) >= 11 is 0. The summed E-state index contributed by atoms with van der Waals surface area (Å²) in [6.45, 7) is 0. The molecule has 1 aromatic heterocycles. The molecule has 0 amide bonds. The van der Waals surface area contributed by atoms with Gasteiger partial charge in [0, 0.05) is 16.7 Å². The quantitative estimate of drug-likeness (QED) is 0.158. The van der Waals surface area contributed by atoms with Crippen molar-refractivity contribution in [2.75, 3.05) is 0 Å². The van der Waals surface area contributed by atoms with Gasteiger partial charge in [0.1, 0.15) is 0 Å². The first-order valence-electron chi connectivity index (χ1n) is 20.9. The number of rotatable bonds is 6. The Kier molecular flexibility index (Phi) is 8.07. The van der Waals surface area contributed by atoms with Crippen molar-refractivity contribution in [3.05, 3.63) is 247 Å². The molecule has 3 nitrogen and oxygen atoms in total. The smallest absolute Gasteiger partial charge is 0.164 e. The highest BCUT2D eigenvalue weighted by atomic mass is 15.0. The Morgan fingerprint density at radius 2 is 0.770 bits per heavy atom. The SMILES string of the molecule is c1ccc(-c2nc(-c3ccccc3)nc(-c3ccc4c(c3)C(c3ccccc3)(c3c5ccccc5c(-c5ccc6ccccc6c5)c5ccccc35)c3ccccc3-4)n2)cc1. The van der Waals surface area contributed by atoms with Gasteiger partial charge >= 0.3 is 0 Å². The van der Waals surface area contributed by atoms with Crippen LogP contribution >= 0.6 is 0 Å². The van der Waals surface area contributed by atoms with Crippen LogP contribution in [0.5, 0.6) is 0 Å². The molecule has 0 saturated carbocycles. The summed E-state index contributed by atoms with van der Waals surface area (Å²) in [5, 5.41) is 7.36. The lowest BCUT2D eigenvalue weighted by atomic mass is 9.64. The molecular formula is C58H37N3. The molecule has 11 aromatic rings. The number of fused-ring (bicyclic) bond motifs is 6. The molecule has 1 heterocycles. The molecule has 12 rings (SSSR count). The van der Waals surface area contributed by atoms with Crippen LogP contribution in [0, 0.1) is 0 Å². The van der Waals surface area contributed by atoms with E-state index < -0.39 is 5.41 Å². The van der Waals surface area contributed by atoms with Crippen LogP contribution in [0.3, 0.4) is 0 Å². The molecule has 0 spiro atoms. The van der Waals surface area contributed by atoms with Gasteiger partial charge in [-0.15, -0.1) is 0 Å². The van der Waals surface area contributed by atoms with Gasteiger partial charge in [-0.05, 0) is 89.0 Å². The van der Waals surface area contributed by atoms with E-state index in [2.05, 4.69) is 188 Å². The van der Waals surface area contributed by atoms with Crippen LogP contribution in [0.25, 0.3) is 88.7 Å². The maximum atomic E-state index is 5.21. The normalized spacial score (nSPS) is 14.3. The molecule has 0 radical (unpaired) electrons. The van der Waals surface area contributed by atoms with Crippen LogP contribution < -0.4 is 0 Å². The van der Waals surface area contributed by atoms with Crippen molar-refractivity contribution in [3.63, 3.8) is 0 Å². The van der Waals surface area contributed by atoms with E-state index in [0.717, 1.165) is 16.7 Å². The predicted molar refractivity (Wildman–Crippen MR) is 251 cm³/mol. The zero-order valence-electron chi connectivity index (χ0n) is 33.2. The number of nitrogens with zero attached hydrogens (tertiary/aromatic N) is 3. The molecule has 0 saturated heterocycles. The summed E-state index contributed by atoms with van der Waals surface area (Å²) in [5.41, 5.74) is 11.9. The van der Waals surface area contributed by atoms with Gasteiger partial charge in [0.2, 0.25) is 0 Å². The minimum Gasteiger partial charge on any atom is -0.208 e. The Morgan fingerprint density at radius 1 is 0.295 bits per heavy atom. The maximum Gasteiger partial charge on any atom is 0.164 e. The van der Waals surface area contributed by atoms with Crippen molar-refractivity contribution in [2.24, 2.45) is 0 Å². The lowest BCUT2D eigenvalue weighted by molar-refractivity contribution is 0.784. The van der Waals surface area contributed by atoms with Crippen LogP contribution in [0.2, 0.25) is 0 Å². The Balaban J connectivity index is 1.19. The van der Waals surface area contributed by atoms with Gasteiger partial charge in [0.05, 0.1) is 5.41 Å². The number of hydrogen-bond donors (Lipinski definition) is 0. The summed E-state index contributed by atoms with van der Waals surface area (Å²) in [6.07, 6.45) is 0. The van der Waals surface area contributed by atoms with Crippen molar-refractivity contribution in [2.45, 2.75) is 5.41 Å². The van der Waals surface area contributed by atoms with Gasteiger partial charge in [-0.25, -0.2) is 15.0 Å². The third-order valence-corrected chi connectivity index (χ3v) is 12.6. The minimum absolute atomic E-state index is 0.634. The van der Waals surface area contributed by atoms with E-state index in [1.54, 1.807) is 0 Å². The van der Waals surface area contributed by atoms with Gasteiger partial charge in [-0.3, -0.25) is 0 Å². The molecule has 10 aromatic carbocycles. The second-order valence-electron chi connectivity index (χ2n) is 15.9. The van der Waals surface area contributed by atoms with Crippen LogP contribution in [-0.4, -0.2) is 15.0 Å². The van der Waals surface area contributed by atoms with E-state index in [1.807, 2.05) is 36.4 Å². The Bertz CT molecular complexity index is 3360. The fourth-order valence-electron chi connectivity index (χ4n) is 9.96. The van der Waals surface area contributed by atoms with Crippen molar-refractivity contribution in [3.8, 4) is 56.4 Å². The molecule has 61 heavy (non-hydrogen) atoms. The summed E-state index contributed by atoms with van der Waals surface area (Å²) in [4.78, 5) is 15.4. The highest BCUT2D eigenvalue weighted by molar-refractivity contribution is 6.17. The summed E-state index contributed by atoms with van der Waals surface area (Å²) in [6, 6.07) is 80.9. The average molecular weight is 776 g/mol. The van der Waals surface area contributed by atoms with E-state index in [0.29, 0.717) is 17.5 Å². The third-order valence-electron chi connectivity index (χ3n) is 12.6. The van der Waals surface area contributed by atoms with Gasteiger partial charge in [-0.2, -0.15) is 0 Å². The first kappa shape index (κ1) is 35.0. The highest BCUT2D eigenvalue weighted by Gasteiger charge is 2.48. The van der Waals surface area contributed by atoms with E-state index in [1.165, 1.54) is 76.8 Å². The van der Waals surface area contributed by atoms with E-state index in [4.69, 9.17) is 15.0 Å². The minimum atomic E-state index is -0.706. The zero-order valence-corrected chi connectivity index (χ0v) is 33.2. The van der Waals surface area contributed by atoms with Crippen LogP contribution in [0.1, 0.15) is 22.3 Å². The summed E-state index contributed by atoms with van der Waals surface area (Å²) in [5.74, 6) is 1.92. The molecule has 1 unspecified atom stereocenters. The fraction of sp³-hybridized carbons (Fsp3) is 0.0172. The van der Waals surface area contributed by atoms with Crippen LogP contribution in [0.15, 0.2) is 224 Å². The molecule has 0 bridgehead atoms. The predicted octanol–water partition coefficient (Wildman–Crippen LogP) is 14.4. The molecule has 3 heteroatoms. The Hall–Kier alpha value is -8.01. The lowest BCUT2D eigenvalue weighted by Crippen LogP contribution is -2.29. The molecule has 1 aliphatic rings. The molecule has 1 atom stereocenters. The van der Waals surface area contributed by atoms with Gasteiger partial charge in [0.25, 0.3) is 0 Å². The second-order valence-corrected chi connectivity index (χ2v) is 15.9. The van der Waals surface area contributed by atoms with Crippen molar-refractivity contribution in [1.82, 2.24) is 15.0 Å². The molecule has 0 N–H and O–H groups in total. The largest absolute Gasteiger partial charge is 0.208 e. The first-order chi connectivity index (χ1) is 30.3. The summed E-state index contributed by atoms with van der Waals surface area (Å²) < 4.78 is 0. The molecule has 1 aliphatic carbocycles. The monoisotopic (exact) mass is 775 g/mol. The Morgan fingerprint density at radius 3 is 1.41 bits per heavy atom. The molecule has 0 fully saturated rings. The van der Waals surface area contributed by atoms with E-state index in [9.17, 15) is 0 Å². The van der Waals surface area contributed by atoms with Gasteiger partial charge in [-0.1, -0.05) is 212 Å². The topological polar surface area (TPSA) is 38.7 Å². The van der Waals surface area contributed by atoms with Crippen molar-refractivity contribution < 1.29 is 0 Å². The third kappa shape index (κ3) is 5.48. The van der Waals surface area contributed by atoms with Gasteiger partial charge < -0.3 is 0 Å². The van der Waals surface area contributed by atoms with Crippen molar-refractivity contribution in [1.29, 1.82) is 0 Å². The Labute approximate surface area is 354 Å². The highest BCUT2D eigenvalue weighted by Crippen LogP contribution is 2.60. The number of aromatic nitrogens is 3. The molecular weight excluding hydrogens is 739 g/mol. The van der Waals surface area contributed by atoms with Crippen LogP contribution in [-0.2, 0) is 5.41 Å². The number of hydrogen-bond acceptors (Lipinski definition) is 3. The fourth-order valence-corrected chi connectivity index (χ4v) is 9.96. The van der Waals surface area contributed by atoms with Crippen molar-refractivity contribution >= 4 is 32.3 Å². The van der Waals surface area contributed by atoms with Gasteiger partial charge in [0.15, 0.2) is 17.5 Å². The molecule has 284 valence electrons. The van der Waals surface area contributed by atoms with E-state index in [-0.39, 0.29) is 0 Å². The standard InChI is InChI=1S/C58H37N3/c1-4-19-39(20-5-1)55-59-56(40-21-6-2-7-22-40)61-57(60-55)43-34-35-46-45-26-16-17-31-51(45)58(52(46)37-43,44-24-8-3-9-25-44)54-49-29-14-12-27-47(49)53(48-28-13-15-30-50(48)54)42-33-32-38-18-10-11-23-41(38)36-42/h1-37H. The molecule has 0 aliphatic heterocycles.